The van der Waals surface area contributed by atoms with E-state index in [0.29, 0.717) is 12.6 Å². The Morgan fingerprint density at radius 3 is 2.57 bits per heavy atom. The van der Waals surface area contributed by atoms with Crippen molar-refractivity contribution in [1.82, 2.24) is 10.2 Å². The minimum absolute atomic E-state index is 0. The van der Waals surface area contributed by atoms with E-state index in [1.54, 1.807) is 0 Å². The van der Waals surface area contributed by atoms with Crippen molar-refractivity contribution in [3.8, 4) is 0 Å². The fourth-order valence-corrected chi connectivity index (χ4v) is 2.18. The summed E-state index contributed by atoms with van der Waals surface area (Å²) in [6.07, 6.45) is 2.74. The van der Waals surface area contributed by atoms with Gasteiger partial charge in [0.1, 0.15) is 6.17 Å². The molecule has 0 unspecified atom stereocenters. The van der Waals surface area contributed by atoms with Gasteiger partial charge in [-0.25, -0.2) is 4.39 Å². The quantitative estimate of drug-likeness (QED) is 0.795. The highest BCUT2D eigenvalue weighted by Crippen LogP contribution is 2.14. The van der Waals surface area contributed by atoms with Gasteiger partial charge in [-0.3, -0.25) is 4.90 Å². The zero-order chi connectivity index (χ0) is 8.39. The predicted molar refractivity (Wildman–Crippen MR) is 61.5 cm³/mol. The highest BCUT2D eigenvalue weighted by Gasteiger charge is 2.25. The van der Waals surface area contributed by atoms with Crippen LogP contribution in [0.5, 0.6) is 0 Å². The molecule has 2 fully saturated rings. The molecule has 2 aliphatic heterocycles. The van der Waals surface area contributed by atoms with Crippen molar-refractivity contribution >= 4 is 24.8 Å². The monoisotopic (exact) mass is 244 g/mol. The Bertz CT molecular complexity index is 154. The highest BCUT2D eigenvalue weighted by molar-refractivity contribution is 5.85. The lowest BCUT2D eigenvalue weighted by Gasteiger charge is -2.19. The summed E-state index contributed by atoms with van der Waals surface area (Å²) in [7, 11) is 0. The molecule has 0 aromatic rings. The van der Waals surface area contributed by atoms with Gasteiger partial charge in [-0.05, 0) is 25.8 Å². The highest BCUT2D eigenvalue weighted by atomic mass is 35.5. The second-order valence-corrected chi connectivity index (χ2v) is 3.94. The van der Waals surface area contributed by atoms with Gasteiger partial charge in [0.25, 0.3) is 0 Å². The van der Waals surface area contributed by atoms with E-state index in [1.165, 1.54) is 12.8 Å². The number of nitrogens with one attached hydrogen (secondary N) is 1. The molecule has 0 aromatic carbocycles. The van der Waals surface area contributed by atoms with Crippen LogP contribution in [-0.4, -0.2) is 43.3 Å². The molecule has 2 heterocycles. The summed E-state index contributed by atoms with van der Waals surface area (Å²) in [5.74, 6) is 0. The summed E-state index contributed by atoms with van der Waals surface area (Å²) >= 11 is 0. The van der Waals surface area contributed by atoms with Gasteiger partial charge in [-0.1, -0.05) is 0 Å². The van der Waals surface area contributed by atoms with Crippen molar-refractivity contribution in [3.05, 3.63) is 0 Å². The second kappa shape index (κ2) is 6.83. The third kappa shape index (κ3) is 3.89. The standard InChI is InChI=1S/C9H17FN2.2ClH/c10-8-3-5-12(6-8)7-9-2-1-4-11-9;;/h8-9,11H,1-7H2;2*1H/t8-,9-;;/m1../s1. The Hall–Kier alpha value is 0.430. The van der Waals surface area contributed by atoms with Gasteiger partial charge in [-0.2, -0.15) is 0 Å². The van der Waals surface area contributed by atoms with Crippen molar-refractivity contribution in [2.75, 3.05) is 26.2 Å². The van der Waals surface area contributed by atoms with Crippen LogP contribution >= 0.6 is 24.8 Å². The van der Waals surface area contributed by atoms with Crippen molar-refractivity contribution in [1.29, 1.82) is 0 Å². The van der Waals surface area contributed by atoms with Crippen LogP contribution in [0.2, 0.25) is 0 Å². The van der Waals surface area contributed by atoms with Crippen LogP contribution in [0.15, 0.2) is 0 Å². The van der Waals surface area contributed by atoms with Crippen LogP contribution in [0.1, 0.15) is 19.3 Å². The third-order valence-corrected chi connectivity index (χ3v) is 2.86. The lowest BCUT2D eigenvalue weighted by molar-refractivity contribution is 0.268. The molecule has 0 radical (unpaired) electrons. The average molecular weight is 245 g/mol. The van der Waals surface area contributed by atoms with Crippen molar-refractivity contribution in [2.24, 2.45) is 0 Å². The van der Waals surface area contributed by atoms with E-state index in [4.69, 9.17) is 0 Å². The summed E-state index contributed by atoms with van der Waals surface area (Å²) in [6, 6.07) is 0.635. The molecule has 1 N–H and O–H groups in total. The molecule has 2 rings (SSSR count). The molecule has 86 valence electrons. The van der Waals surface area contributed by atoms with Gasteiger partial charge in [0.15, 0.2) is 0 Å². The minimum Gasteiger partial charge on any atom is -0.313 e. The molecular formula is C9H19Cl2FN2. The molecule has 0 aliphatic carbocycles. The summed E-state index contributed by atoms with van der Waals surface area (Å²) in [6.45, 7) is 3.83. The molecule has 0 spiro atoms. The lowest BCUT2D eigenvalue weighted by Crippen LogP contribution is -2.36. The summed E-state index contributed by atoms with van der Waals surface area (Å²) < 4.78 is 12.8. The SMILES string of the molecule is Cl.Cl.F[C@@H]1CCN(C[C@H]2CCCN2)C1. The topological polar surface area (TPSA) is 15.3 Å². The number of rotatable bonds is 2. The summed E-state index contributed by atoms with van der Waals surface area (Å²) in [5, 5.41) is 3.43. The van der Waals surface area contributed by atoms with Gasteiger partial charge < -0.3 is 5.32 Å². The average Bonchev–Trinajstić information content (AvgIpc) is 2.63. The summed E-state index contributed by atoms with van der Waals surface area (Å²) in [4.78, 5) is 2.24. The van der Waals surface area contributed by atoms with Gasteiger partial charge >= 0.3 is 0 Å². The van der Waals surface area contributed by atoms with Crippen molar-refractivity contribution in [2.45, 2.75) is 31.5 Å². The van der Waals surface area contributed by atoms with E-state index >= 15 is 0 Å². The van der Waals surface area contributed by atoms with E-state index in [9.17, 15) is 4.39 Å². The zero-order valence-electron chi connectivity index (χ0n) is 8.25. The van der Waals surface area contributed by atoms with Crippen LogP contribution in [0.3, 0.4) is 0 Å². The van der Waals surface area contributed by atoms with Crippen LogP contribution in [0.4, 0.5) is 4.39 Å². The molecule has 2 saturated heterocycles. The fourth-order valence-electron chi connectivity index (χ4n) is 2.18. The molecule has 0 amide bonds. The largest absolute Gasteiger partial charge is 0.313 e. The molecular weight excluding hydrogens is 226 g/mol. The number of alkyl halides is 1. The lowest BCUT2D eigenvalue weighted by atomic mass is 10.2. The zero-order valence-corrected chi connectivity index (χ0v) is 9.88. The van der Waals surface area contributed by atoms with E-state index in [2.05, 4.69) is 10.2 Å². The first kappa shape index (κ1) is 14.4. The van der Waals surface area contributed by atoms with Gasteiger partial charge in [0, 0.05) is 25.7 Å². The normalized spacial score (nSPS) is 32.4. The number of nitrogens with zero attached hydrogens (tertiary/aromatic N) is 1. The van der Waals surface area contributed by atoms with Gasteiger partial charge in [-0.15, -0.1) is 24.8 Å². The van der Waals surface area contributed by atoms with Crippen LogP contribution < -0.4 is 5.32 Å². The molecule has 14 heavy (non-hydrogen) atoms. The smallest absolute Gasteiger partial charge is 0.114 e. The second-order valence-electron chi connectivity index (χ2n) is 3.94. The number of halogens is 3. The maximum Gasteiger partial charge on any atom is 0.114 e. The number of hydrogen-bond acceptors (Lipinski definition) is 2. The minimum atomic E-state index is -0.564. The van der Waals surface area contributed by atoms with E-state index in [-0.39, 0.29) is 24.8 Å². The Balaban J connectivity index is 0.000000845. The van der Waals surface area contributed by atoms with Crippen LogP contribution in [0, 0.1) is 0 Å². The molecule has 0 bridgehead atoms. The molecule has 2 aliphatic rings. The Morgan fingerprint density at radius 1 is 1.29 bits per heavy atom. The van der Waals surface area contributed by atoms with Crippen molar-refractivity contribution < 1.29 is 4.39 Å². The molecule has 0 aromatic heterocycles. The first-order valence-corrected chi connectivity index (χ1v) is 4.94. The van der Waals surface area contributed by atoms with Crippen LogP contribution in [-0.2, 0) is 0 Å². The maximum atomic E-state index is 12.8. The Kier molecular flexibility index (Phi) is 7.04. The van der Waals surface area contributed by atoms with Crippen LogP contribution in [0.25, 0.3) is 0 Å². The Labute approximate surface area is 97.4 Å². The fraction of sp³-hybridized carbons (Fsp3) is 1.00. The molecule has 2 nitrogen and oxygen atoms in total. The molecule has 0 saturated carbocycles. The molecule has 2 atom stereocenters. The maximum absolute atomic E-state index is 12.8. The third-order valence-electron chi connectivity index (χ3n) is 2.86. The number of likely N-dealkylation sites (tertiary alicyclic amines) is 1. The van der Waals surface area contributed by atoms with E-state index < -0.39 is 6.17 Å². The first-order chi connectivity index (χ1) is 5.84. The molecule has 5 heteroatoms. The van der Waals surface area contributed by atoms with E-state index in [1.807, 2.05) is 0 Å². The predicted octanol–water partition coefficient (Wildman–Crippen LogP) is 1.63. The van der Waals surface area contributed by atoms with E-state index in [0.717, 1.165) is 26.1 Å². The number of hydrogen-bond donors (Lipinski definition) is 1. The Morgan fingerprint density at radius 2 is 2.07 bits per heavy atom. The van der Waals surface area contributed by atoms with Gasteiger partial charge in [0.2, 0.25) is 0 Å². The first-order valence-electron chi connectivity index (χ1n) is 4.94. The summed E-state index contributed by atoms with van der Waals surface area (Å²) in [5.41, 5.74) is 0. The van der Waals surface area contributed by atoms with Gasteiger partial charge in [0.05, 0.1) is 0 Å². The van der Waals surface area contributed by atoms with Crippen molar-refractivity contribution in [3.63, 3.8) is 0 Å².